The SMILES string of the molecule is Cc1ccc(N2C(=O)C(=O)/C(=C(\O)c3ccncc3)C2c2ccncc2)cc1. The van der Waals surface area contributed by atoms with E-state index in [0.29, 0.717) is 16.8 Å². The van der Waals surface area contributed by atoms with Crippen LogP contribution in [0, 0.1) is 6.92 Å². The first kappa shape index (κ1) is 17.6. The fourth-order valence-corrected chi connectivity index (χ4v) is 3.33. The molecule has 138 valence electrons. The lowest BCUT2D eigenvalue weighted by atomic mass is 9.96. The van der Waals surface area contributed by atoms with Gasteiger partial charge in [-0.05, 0) is 48.9 Å². The van der Waals surface area contributed by atoms with Crippen LogP contribution in [0.15, 0.2) is 78.9 Å². The van der Waals surface area contributed by atoms with Gasteiger partial charge in [0, 0.05) is 36.0 Å². The number of carbonyl (C=O) groups is 2. The first-order valence-corrected chi connectivity index (χ1v) is 8.76. The van der Waals surface area contributed by atoms with Crippen molar-refractivity contribution in [3.05, 3.63) is 95.6 Å². The summed E-state index contributed by atoms with van der Waals surface area (Å²) in [5, 5.41) is 10.9. The molecule has 0 spiro atoms. The predicted molar refractivity (Wildman–Crippen MR) is 104 cm³/mol. The molecule has 0 radical (unpaired) electrons. The molecule has 1 N–H and O–H groups in total. The van der Waals surface area contributed by atoms with Gasteiger partial charge >= 0.3 is 0 Å². The second kappa shape index (κ2) is 7.08. The third-order valence-electron chi connectivity index (χ3n) is 4.73. The Labute approximate surface area is 161 Å². The van der Waals surface area contributed by atoms with Crippen LogP contribution in [0.25, 0.3) is 5.76 Å². The lowest BCUT2D eigenvalue weighted by Crippen LogP contribution is -2.29. The Morgan fingerprint density at radius 1 is 0.893 bits per heavy atom. The van der Waals surface area contributed by atoms with Gasteiger partial charge in [0.15, 0.2) is 0 Å². The molecule has 3 heterocycles. The number of nitrogens with zero attached hydrogens (tertiary/aromatic N) is 3. The molecule has 2 aromatic heterocycles. The van der Waals surface area contributed by atoms with Crippen LogP contribution < -0.4 is 4.90 Å². The Morgan fingerprint density at radius 2 is 1.46 bits per heavy atom. The number of rotatable bonds is 3. The van der Waals surface area contributed by atoms with Crippen molar-refractivity contribution < 1.29 is 14.7 Å². The van der Waals surface area contributed by atoms with Gasteiger partial charge in [0.25, 0.3) is 11.7 Å². The van der Waals surface area contributed by atoms with Crippen LogP contribution in [0.1, 0.15) is 22.7 Å². The Kier molecular flexibility index (Phi) is 4.45. The zero-order valence-corrected chi connectivity index (χ0v) is 15.1. The van der Waals surface area contributed by atoms with E-state index in [-0.39, 0.29) is 11.3 Å². The van der Waals surface area contributed by atoms with Crippen molar-refractivity contribution in [3.8, 4) is 0 Å². The second-order valence-corrected chi connectivity index (χ2v) is 6.52. The number of amides is 1. The van der Waals surface area contributed by atoms with E-state index in [4.69, 9.17) is 0 Å². The van der Waals surface area contributed by atoms with Crippen molar-refractivity contribution in [1.29, 1.82) is 0 Å². The Bertz CT molecular complexity index is 1060. The summed E-state index contributed by atoms with van der Waals surface area (Å²) >= 11 is 0. The highest BCUT2D eigenvalue weighted by molar-refractivity contribution is 6.51. The van der Waals surface area contributed by atoms with Crippen molar-refractivity contribution in [2.45, 2.75) is 13.0 Å². The number of aliphatic hydroxyl groups excluding tert-OH is 1. The van der Waals surface area contributed by atoms with E-state index in [1.165, 1.54) is 17.3 Å². The molecule has 28 heavy (non-hydrogen) atoms. The highest BCUT2D eigenvalue weighted by atomic mass is 16.3. The molecule has 4 rings (SSSR count). The number of aryl methyl sites for hydroxylation is 1. The first-order chi connectivity index (χ1) is 13.6. The average Bonchev–Trinajstić information content (AvgIpc) is 3.00. The molecule has 1 fully saturated rings. The molecule has 1 saturated heterocycles. The number of hydrogen-bond donors (Lipinski definition) is 1. The molecular formula is C22H17N3O3. The fraction of sp³-hybridized carbons (Fsp3) is 0.0909. The van der Waals surface area contributed by atoms with Gasteiger partial charge in [0.1, 0.15) is 5.76 Å². The smallest absolute Gasteiger partial charge is 0.300 e. The molecule has 0 bridgehead atoms. The molecule has 1 aliphatic heterocycles. The lowest BCUT2D eigenvalue weighted by Gasteiger charge is -2.25. The number of aromatic nitrogens is 2. The van der Waals surface area contributed by atoms with Crippen LogP contribution in [0.5, 0.6) is 0 Å². The van der Waals surface area contributed by atoms with Crippen molar-refractivity contribution in [1.82, 2.24) is 9.97 Å². The topological polar surface area (TPSA) is 83.4 Å². The van der Waals surface area contributed by atoms with E-state index >= 15 is 0 Å². The molecule has 1 amide bonds. The zero-order valence-electron chi connectivity index (χ0n) is 15.1. The summed E-state index contributed by atoms with van der Waals surface area (Å²) in [4.78, 5) is 35.2. The highest BCUT2D eigenvalue weighted by Crippen LogP contribution is 2.41. The Balaban J connectivity index is 1.94. The standard InChI is InChI=1S/C22H17N3O3/c1-14-2-4-17(5-3-14)25-19(15-6-10-23-11-7-15)18(21(27)22(25)28)20(26)16-8-12-24-13-9-16/h2-13,19,26H,1H3/b20-18-. The summed E-state index contributed by atoms with van der Waals surface area (Å²) in [6.07, 6.45) is 6.23. The molecule has 1 aliphatic rings. The van der Waals surface area contributed by atoms with Crippen LogP contribution in [-0.4, -0.2) is 26.8 Å². The minimum absolute atomic E-state index is 0.0444. The summed E-state index contributed by atoms with van der Waals surface area (Å²) in [6, 6.07) is 13.2. The number of pyridine rings is 2. The van der Waals surface area contributed by atoms with E-state index in [9.17, 15) is 14.7 Å². The van der Waals surface area contributed by atoms with Crippen molar-refractivity contribution in [2.24, 2.45) is 0 Å². The van der Waals surface area contributed by atoms with Crippen LogP contribution in [0.3, 0.4) is 0 Å². The molecular weight excluding hydrogens is 354 g/mol. The summed E-state index contributed by atoms with van der Waals surface area (Å²) in [5.74, 6) is -1.63. The predicted octanol–water partition coefficient (Wildman–Crippen LogP) is 3.41. The Hall–Kier alpha value is -3.80. The number of ketones is 1. The van der Waals surface area contributed by atoms with Crippen LogP contribution in [0.2, 0.25) is 0 Å². The van der Waals surface area contributed by atoms with Gasteiger partial charge < -0.3 is 5.11 Å². The number of aliphatic hydroxyl groups is 1. The van der Waals surface area contributed by atoms with Gasteiger partial charge in [-0.2, -0.15) is 0 Å². The Morgan fingerprint density at radius 3 is 2.07 bits per heavy atom. The van der Waals surface area contributed by atoms with Gasteiger partial charge in [-0.3, -0.25) is 24.5 Å². The number of anilines is 1. The van der Waals surface area contributed by atoms with Crippen LogP contribution >= 0.6 is 0 Å². The molecule has 1 unspecified atom stereocenters. The maximum atomic E-state index is 12.9. The lowest BCUT2D eigenvalue weighted by molar-refractivity contribution is -0.132. The number of carbonyl (C=O) groups excluding carboxylic acids is 2. The third-order valence-corrected chi connectivity index (χ3v) is 4.73. The van der Waals surface area contributed by atoms with E-state index in [1.54, 1.807) is 48.8 Å². The monoisotopic (exact) mass is 371 g/mol. The average molecular weight is 371 g/mol. The molecule has 0 aliphatic carbocycles. The van der Waals surface area contributed by atoms with Crippen molar-refractivity contribution >= 4 is 23.1 Å². The summed E-state index contributed by atoms with van der Waals surface area (Å²) < 4.78 is 0. The highest BCUT2D eigenvalue weighted by Gasteiger charge is 2.46. The van der Waals surface area contributed by atoms with E-state index in [2.05, 4.69) is 9.97 Å². The maximum Gasteiger partial charge on any atom is 0.300 e. The minimum atomic E-state index is -0.751. The van der Waals surface area contributed by atoms with Crippen molar-refractivity contribution in [2.75, 3.05) is 4.90 Å². The summed E-state index contributed by atoms with van der Waals surface area (Å²) in [5.41, 5.74) is 2.78. The van der Waals surface area contributed by atoms with Crippen LogP contribution in [-0.2, 0) is 9.59 Å². The molecule has 6 nitrogen and oxygen atoms in total. The minimum Gasteiger partial charge on any atom is -0.507 e. The third kappa shape index (κ3) is 2.95. The summed E-state index contributed by atoms with van der Waals surface area (Å²) in [6.45, 7) is 1.95. The molecule has 3 aromatic rings. The molecule has 0 saturated carbocycles. The normalized spacial score (nSPS) is 18.5. The van der Waals surface area contributed by atoms with E-state index in [0.717, 1.165) is 5.56 Å². The van der Waals surface area contributed by atoms with Crippen molar-refractivity contribution in [3.63, 3.8) is 0 Å². The van der Waals surface area contributed by atoms with E-state index in [1.807, 2.05) is 19.1 Å². The number of hydrogen-bond acceptors (Lipinski definition) is 5. The molecule has 1 atom stereocenters. The van der Waals surface area contributed by atoms with Gasteiger partial charge in [-0.1, -0.05) is 17.7 Å². The second-order valence-electron chi connectivity index (χ2n) is 6.52. The first-order valence-electron chi connectivity index (χ1n) is 8.76. The fourth-order valence-electron chi connectivity index (χ4n) is 3.33. The summed E-state index contributed by atoms with van der Waals surface area (Å²) in [7, 11) is 0. The zero-order chi connectivity index (χ0) is 19.7. The number of benzene rings is 1. The molecule has 1 aromatic carbocycles. The van der Waals surface area contributed by atoms with Crippen LogP contribution in [0.4, 0.5) is 5.69 Å². The van der Waals surface area contributed by atoms with Gasteiger partial charge in [-0.15, -0.1) is 0 Å². The quantitative estimate of drug-likeness (QED) is 0.433. The van der Waals surface area contributed by atoms with Gasteiger partial charge in [0.2, 0.25) is 0 Å². The maximum absolute atomic E-state index is 12.9. The largest absolute Gasteiger partial charge is 0.507 e. The number of Topliss-reactive ketones (excluding diaryl/α,β-unsaturated/α-hetero) is 1. The van der Waals surface area contributed by atoms with Gasteiger partial charge in [-0.25, -0.2) is 0 Å². The van der Waals surface area contributed by atoms with E-state index < -0.39 is 17.7 Å². The van der Waals surface area contributed by atoms with Gasteiger partial charge in [0.05, 0.1) is 11.6 Å². The molecule has 6 heteroatoms.